The molecule has 0 aliphatic carbocycles. The molecule has 4 aromatic carbocycles. The first-order valence-electron chi connectivity index (χ1n) is 14.0. The van der Waals surface area contributed by atoms with Crippen LogP contribution < -0.4 is 15.5 Å². The standard InChI is InChI=1S/C34H28N4O8/c35-31(37-33(42)44-20-22-7-3-1-4-8-22)24-11-16-28-25(17-24)18-29(46-28)32(41)36-26-12-14-27(15-13-26)38(19-30(39)40)34(43)45-21-23-9-5-2-6-10-23/h1-18H,19-21H2,(H,36,41)(H,39,40)(H2,35,37,42). The highest BCUT2D eigenvalue weighted by Crippen LogP contribution is 2.24. The summed E-state index contributed by atoms with van der Waals surface area (Å²) in [5.41, 5.74) is 2.95. The van der Waals surface area contributed by atoms with Crippen molar-refractivity contribution in [2.24, 2.45) is 0 Å². The normalized spacial score (nSPS) is 10.5. The van der Waals surface area contributed by atoms with Gasteiger partial charge in [0.25, 0.3) is 5.91 Å². The average Bonchev–Trinajstić information content (AvgIpc) is 3.50. The molecule has 4 N–H and O–H groups in total. The number of carbonyl (C=O) groups is 4. The molecule has 0 radical (unpaired) electrons. The van der Waals surface area contributed by atoms with E-state index in [2.05, 4.69) is 10.6 Å². The van der Waals surface area contributed by atoms with E-state index in [0.29, 0.717) is 22.2 Å². The van der Waals surface area contributed by atoms with Crippen molar-refractivity contribution in [2.45, 2.75) is 13.2 Å². The summed E-state index contributed by atoms with van der Waals surface area (Å²) >= 11 is 0. The number of rotatable bonds is 10. The van der Waals surface area contributed by atoms with Gasteiger partial charge in [-0.05, 0) is 59.7 Å². The Morgan fingerprint density at radius 3 is 2.04 bits per heavy atom. The minimum absolute atomic E-state index is 0.00465. The number of benzene rings is 4. The van der Waals surface area contributed by atoms with Crippen molar-refractivity contribution >= 4 is 52.2 Å². The number of carboxylic acid groups (broad SMARTS) is 1. The van der Waals surface area contributed by atoms with E-state index in [1.54, 1.807) is 42.5 Å². The summed E-state index contributed by atoms with van der Waals surface area (Å²) in [6, 6.07) is 30.4. The highest BCUT2D eigenvalue weighted by Gasteiger charge is 2.21. The molecule has 1 heterocycles. The van der Waals surface area contributed by atoms with Crippen molar-refractivity contribution in [1.82, 2.24) is 5.32 Å². The predicted molar refractivity (Wildman–Crippen MR) is 169 cm³/mol. The number of carbonyl (C=O) groups excluding carboxylic acids is 3. The molecule has 0 saturated carbocycles. The molecule has 0 fully saturated rings. The molecular weight excluding hydrogens is 592 g/mol. The van der Waals surface area contributed by atoms with Crippen LogP contribution in [0.1, 0.15) is 27.2 Å². The quantitative estimate of drug-likeness (QED) is 0.106. The number of nitrogens with zero attached hydrogens (tertiary/aromatic N) is 1. The first-order chi connectivity index (χ1) is 22.2. The smallest absolute Gasteiger partial charge is 0.415 e. The second kappa shape index (κ2) is 14.4. The SMILES string of the molecule is N=C(NC(=O)OCc1ccccc1)c1ccc2oc(C(=O)Nc3ccc(N(CC(=O)O)C(=O)OCc4ccccc4)cc3)cc2c1. The van der Waals surface area contributed by atoms with E-state index in [-0.39, 0.29) is 30.5 Å². The molecule has 3 amide bonds. The lowest BCUT2D eigenvalue weighted by Crippen LogP contribution is -2.36. The molecule has 0 saturated heterocycles. The molecule has 0 unspecified atom stereocenters. The molecule has 5 aromatic rings. The predicted octanol–water partition coefficient (Wildman–Crippen LogP) is 6.16. The lowest BCUT2D eigenvalue weighted by molar-refractivity contribution is -0.135. The number of amides is 3. The largest absolute Gasteiger partial charge is 0.480 e. The minimum atomic E-state index is -1.23. The van der Waals surface area contributed by atoms with Gasteiger partial charge < -0.3 is 24.3 Å². The zero-order valence-corrected chi connectivity index (χ0v) is 24.3. The van der Waals surface area contributed by atoms with Gasteiger partial charge >= 0.3 is 18.2 Å². The fraction of sp³-hybridized carbons (Fsp3) is 0.0882. The summed E-state index contributed by atoms with van der Waals surface area (Å²) in [7, 11) is 0. The van der Waals surface area contributed by atoms with Crippen LogP contribution in [0.3, 0.4) is 0 Å². The van der Waals surface area contributed by atoms with Crippen molar-refractivity contribution in [3.05, 3.63) is 132 Å². The van der Waals surface area contributed by atoms with E-state index in [1.165, 1.54) is 30.3 Å². The Labute approximate surface area is 262 Å². The van der Waals surface area contributed by atoms with Crippen LogP contribution in [0.25, 0.3) is 11.0 Å². The third-order valence-electron chi connectivity index (χ3n) is 6.62. The van der Waals surface area contributed by atoms with E-state index < -0.39 is 30.6 Å². The monoisotopic (exact) mass is 620 g/mol. The van der Waals surface area contributed by atoms with Crippen LogP contribution in [0.15, 0.2) is 114 Å². The maximum Gasteiger partial charge on any atom is 0.415 e. The second-order valence-corrected chi connectivity index (χ2v) is 9.95. The molecule has 12 heteroatoms. The molecule has 232 valence electrons. The van der Waals surface area contributed by atoms with Gasteiger partial charge in [-0.1, -0.05) is 60.7 Å². The Hall–Kier alpha value is -6.43. The lowest BCUT2D eigenvalue weighted by atomic mass is 10.1. The summed E-state index contributed by atoms with van der Waals surface area (Å²) in [5, 5.41) is 23.2. The van der Waals surface area contributed by atoms with E-state index in [9.17, 15) is 24.3 Å². The number of aliphatic carboxylic acids is 1. The number of amidine groups is 1. The molecule has 1 aromatic heterocycles. The van der Waals surface area contributed by atoms with Crippen LogP contribution >= 0.6 is 0 Å². The number of fused-ring (bicyclic) bond motifs is 1. The van der Waals surface area contributed by atoms with Crippen molar-refractivity contribution in [3.63, 3.8) is 0 Å². The second-order valence-electron chi connectivity index (χ2n) is 9.95. The fourth-order valence-electron chi connectivity index (χ4n) is 4.36. The van der Waals surface area contributed by atoms with Crippen molar-refractivity contribution < 1.29 is 38.2 Å². The van der Waals surface area contributed by atoms with Crippen molar-refractivity contribution in [1.29, 1.82) is 5.41 Å². The Morgan fingerprint density at radius 1 is 0.783 bits per heavy atom. The van der Waals surface area contributed by atoms with Crippen molar-refractivity contribution in [2.75, 3.05) is 16.8 Å². The topological polar surface area (TPSA) is 171 Å². The summed E-state index contributed by atoms with van der Waals surface area (Å²) in [5.74, 6) is -1.98. The van der Waals surface area contributed by atoms with Gasteiger partial charge in [-0.25, -0.2) is 9.59 Å². The number of ether oxygens (including phenoxy) is 2. The summed E-state index contributed by atoms with van der Waals surface area (Å²) < 4.78 is 16.1. The van der Waals surface area contributed by atoms with Gasteiger partial charge in [-0.3, -0.25) is 25.2 Å². The molecule has 5 rings (SSSR count). The Kier molecular flexibility index (Phi) is 9.68. The van der Waals surface area contributed by atoms with Gasteiger partial charge in [0.1, 0.15) is 31.2 Å². The Bertz CT molecular complexity index is 1870. The van der Waals surface area contributed by atoms with Gasteiger partial charge in [-0.15, -0.1) is 0 Å². The van der Waals surface area contributed by atoms with Gasteiger partial charge in [-0.2, -0.15) is 0 Å². The maximum atomic E-state index is 12.9. The van der Waals surface area contributed by atoms with Crippen LogP contribution in [0, 0.1) is 5.41 Å². The number of alkyl carbamates (subject to hydrolysis) is 1. The third kappa shape index (κ3) is 8.14. The van der Waals surface area contributed by atoms with Gasteiger partial charge in [0.15, 0.2) is 5.76 Å². The van der Waals surface area contributed by atoms with Gasteiger partial charge in [0, 0.05) is 22.3 Å². The summed E-state index contributed by atoms with van der Waals surface area (Å²) in [4.78, 5) is 50.2. The molecular formula is C34H28N4O8. The van der Waals surface area contributed by atoms with Crippen LogP contribution in [0.4, 0.5) is 21.0 Å². The first kappa shape index (κ1) is 31.0. The molecule has 0 bridgehead atoms. The van der Waals surface area contributed by atoms with E-state index in [1.807, 2.05) is 36.4 Å². The molecule has 46 heavy (non-hydrogen) atoms. The zero-order valence-electron chi connectivity index (χ0n) is 24.3. The molecule has 0 spiro atoms. The van der Waals surface area contributed by atoms with Crippen LogP contribution in [-0.4, -0.2) is 41.5 Å². The number of carboxylic acids is 1. The van der Waals surface area contributed by atoms with Crippen LogP contribution in [0.2, 0.25) is 0 Å². The Balaban J connectivity index is 1.19. The average molecular weight is 621 g/mol. The van der Waals surface area contributed by atoms with Gasteiger partial charge in [0.2, 0.25) is 0 Å². The number of hydrogen-bond donors (Lipinski definition) is 4. The third-order valence-corrected chi connectivity index (χ3v) is 6.62. The van der Waals surface area contributed by atoms with Crippen molar-refractivity contribution in [3.8, 4) is 0 Å². The van der Waals surface area contributed by atoms with E-state index >= 15 is 0 Å². The summed E-state index contributed by atoms with van der Waals surface area (Å²) in [6.07, 6.45) is -1.61. The summed E-state index contributed by atoms with van der Waals surface area (Å²) in [6.45, 7) is -0.589. The fourth-order valence-corrected chi connectivity index (χ4v) is 4.36. The molecule has 0 aliphatic rings. The molecule has 0 atom stereocenters. The number of anilines is 2. The zero-order chi connectivity index (χ0) is 32.5. The van der Waals surface area contributed by atoms with Crippen LogP contribution in [0.5, 0.6) is 0 Å². The Morgan fingerprint density at radius 2 is 1.41 bits per heavy atom. The van der Waals surface area contributed by atoms with Crippen LogP contribution in [-0.2, 0) is 27.5 Å². The van der Waals surface area contributed by atoms with Gasteiger partial charge in [0.05, 0.1) is 0 Å². The molecule has 12 nitrogen and oxygen atoms in total. The van der Waals surface area contributed by atoms with E-state index in [4.69, 9.17) is 19.3 Å². The highest BCUT2D eigenvalue weighted by atomic mass is 16.6. The molecule has 0 aliphatic heterocycles. The number of furan rings is 1. The number of hydrogen-bond acceptors (Lipinski definition) is 8. The number of nitrogens with one attached hydrogen (secondary N) is 3. The van der Waals surface area contributed by atoms with E-state index in [0.717, 1.165) is 16.0 Å². The lowest BCUT2D eigenvalue weighted by Gasteiger charge is -2.20. The minimum Gasteiger partial charge on any atom is -0.480 e. The highest BCUT2D eigenvalue weighted by molar-refractivity contribution is 6.08. The maximum absolute atomic E-state index is 12.9. The first-order valence-corrected chi connectivity index (χ1v) is 14.0.